The number of benzene rings is 1. The summed E-state index contributed by atoms with van der Waals surface area (Å²) in [5.41, 5.74) is 2.18. The highest BCUT2D eigenvalue weighted by Crippen LogP contribution is 2.33. The average molecular weight is 468 g/mol. The summed E-state index contributed by atoms with van der Waals surface area (Å²) in [6.07, 6.45) is 1.19. The highest BCUT2D eigenvalue weighted by Gasteiger charge is 2.39. The van der Waals surface area contributed by atoms with Crippen molar-refractivity contribution in [2.45, 2.75) is 33.5 Å². The second-order valence-corrected chi connectivity index (χ2v) is 7.85. The van der Waals surface area contributed by atoms with E-state index in [2.05, 4.69) is 10.3 Å². The van der Waals surface area contributed by atoms with Crippen LogP contribution in [0.3, 0.4) is 0 Å². The van der Waals surface area contributed by atoms with Crippen LogP contribution in [0.1, 0.15) is 46.0 Å². The molecule has 1 aliphatic heterocycles. The molecule has 10 heteroatoms. The number of carbonyl (C=O) groups excluding carboxylic acids is 4. The summed E-state index contributed by atoms with van der Waals surface area (Å²) in [7, 11) is 2.48. The summed E-state index contributed by atoms with van der Waals surface area (Å²) in [4.78, 5) is 53.5. The Morgan fingerprint density at radius 1 is 0.912 bits per heavy atom. The summed E-state index contributed by atoms with van der Waals surface area (Å²) in [5.74, 6) is -4.23. The Hall–Kier alpha value is -4.21. The molecule has 1 saturated heterocycles. The second-order valence-electron chi connectivity index (χ2n) is 7.85. The SMILES string of the molecule is COC(=O)c1c(C)nc(C)c(C(=O)OC)c1-c1ccc(NC=C2C(=O)OC(C)(C)OC2=O)cc1. The molecule has 2 aromatic rings. The predicted octanol–water partition coefficient (Wildman–Crippen LogP) is 3.07. The third-order valence-corrected chi connectivity index (χ3v) is 5.01. The van der Waals surface area contributed by atoms with E-state index in [1.807, 2.05) is 0 Å². The Morgan fingerprint density at radius 2 is 1.38 bits per heavy atom. The number of hydrogen-bond acceptors (Lipinski definition) is 10. The lowest BCUT2D eigenvalue weighted by atomic mass is 9.92. The molecule has 1 aromatic heterocycles. The van der Waals surface area contributed by atoms with E-state index >= 15 is 0 Å². The molecular formula is C24H24N2O8. The number of hydrogen-bond donors (Lipinski definition) is 1. The van der Waals surface area contributed by atoms with Crippen molar-refractivity contribution < 1.29 is 38.1 Å². The fourth-order valence-corrected chi connectivity index (χ4v) is 3.51. The Bertz CT molecular complexity index is 1150. The van der Waals surface area contributed by atoms with Gasteiger partial charge >= 0.3 is 23.9 Å². The fourth-order valence-electron chi connectivity index (χ4n) is 3.51. The minimum absolute atomic E-state index is 0.145. The largest absolute Gasteiger partial charge is 0.465 e. The predicted molar refractivity (Wildman–Crippen MR) is 120 cm³/mol. The van der Waals surface area contributed by atoms with Gasteiger partial charge in [-0.25, -0.2) is 19.2 Å². The molecule has 1 aliphatic rings. The Kier molecular flexibility index (Phi) is 6.71. The first-order valence-corrected chi connectivity index (χ1v) is 10.2. The highest BCUT2D eigenvalue weighted by molar-refractivity contribution is 6.15. The number of cyclic esters (lactones) is 2. The fraction of sp³-hybridized carbons (Fsp3) is 0.292. The van der Waals surface area contributed by atoms with Crippen LogP contribution in [0.25, 0.3) is 11.1 Å². The van der Waals surface area contributed by atoms with Crippen molar-refractivity contribution in [2.24, 2.45) is 0 Å². The van der Waals surface area contributed by atoms with Crippen LogP contribution in [0, 0.1) is 13.8 Å². The van der Waals surface area contributed by atoms with Gasteiger partial charge in [0.05, 0.1) is 36.7 Å². The molecule has 0 saturated carbocycles. The topological polar surface area (TPSA) is 130 Å². The zero-order chi connectivity index (χ0) is 25.2. The lowest BCUT2D eigenvalue weighted by Gasteiger charge is -2.29. The van der Waals surface area contributed by atoms with E-state index in [1.165, 1.54) is 34.3 Å². The lowest BCUT2D eigenvalue weighted by molar-refractivity contribution is -0.222. The first-order valence-electron chi connectivity index (χ1n) is 10.2. The van der Waals surface area contributed by atoms with Crippen LogP contribution in [0.5, 0.6) is 0 Å². The molecule has 34 heavy (non-hydrogen) atoms. The van der Waals surface area contributed by atoms with Crippen molar-refractivity contribution in [3.8, 4) is 11.1 Å². The van der Waals surface area contributed by atoms with E-state index in [0.717, 1.165) is 0 Å². The molecular weight excluding hydrogens is 444 g/mol. The first kappa shape index (κ1) is 24.4. The first-order chi connectivity index (χ1) is 16.0. The molecule has 1 N–H and O–H groups in total. The van der Waals surface area contributed by atoms with Crippen LogP contribution in [0.15, 0.2) is 36.0 Å². The number of nitrogens with one attached hydrogen (secondary N) is 1. The van der Waals surface area contributed by atoms with Gasteiger partial charge in [-0.15, -0.1) is 0 Å². The van der Waals surface area contributed by atoms with Crippen molar-refractivity contribution >= 4 is 29.6 Å². The minimum Gasteiger partial charge on any atom is -0.465 e. The van der Waals surface area contributed by atoms with Gasteiger partial charge in [-0.3, -0.25) is 4.98 Å². The monoisotopic (exact) mass is 468 g/mol. The molecule has 0 unspecified atom stereocenters. The number of ether oxygens (including phenoxy) is 4. The van der Waals surface area contributed by atoms with E-state index in [4.69, 9.17) is 18.9 Å². The van der Waals surface area contributed by atoms with Gasteiger partial charge in [0, 0.05) is 31.3 Å². The number of aryl methyl sites for hydroxylation is 2. The number of aromatic nitrogens is 1. The summed E-state index contributed by atoms with van der Waals surface area (Å²) in [6, 6.07) is 6.61. The Balaban J connectivity index is 2.00. The number of pyridine rings is 1. The van der Waals surface area contributed by atoms with Gasteiger partial charge in [0.2, 0.25) is 0 Å². The summed E-state index contributed by atoms with van der Waals surface area (Å²) in [6.45, 7) is 6.21. The maximum atomic E-state index is 12.5. The normalized spacial score (nSPS) is 14.6. The third kappa shape index (κ3) is 4.75. The third-order valence-electron chi connectivity index (χ3n) is 5.01. The van der Waals surface area contributed by atoms with Gasteiger partial charge in [0.1, 0.15) is 0 Å². The maximum absolute atomic E-state index is 12.5. The number of methoxy groups -OCH3 is 2. The van der Waals surface area contributed by atoms with Crippen molar-refractivity contribution in [1.82, 2.24) is 4.98 Å². The Labute approximate surface area is 195 Å². The van der Waals surface area contributed by atoms with Gasteiger partial charge in [0.25, 0.3) is 5.79 Å². The van der Waals surface area contributed by atoms with Crippen molar-refractivity contribution in [2.75, 3.05) is 19.5 Å². The molecule has 0 atom stereocenters. The molecule has 10 nitrogen and oxygen atoms in total. The van der Waals surface area contributed by atoms with E-state index in [0.29, 0.717) is 28.2 Å². The quantitative estimate of drug-likeness (QED) is 0.302. The molecule has 0 amide bonds. The zero-order valence-corrected chi connectivity index (χ0v) is 19.6. The van der Waals surface area contributed by atoms with Gasteiger partial charge in [-0.2, -0.15) is 0 Å². The Morgan fingerprint density at radius 3 is 1.82 bits per heavy atom. The summed E-state index contributed by atoms with van der Waals surface area (Å²) >= 11 is 0. The number of carbonyl (C=O) groups is 4. The number of nitrogens with zero attached hydrogens (tertiary/aromatic N) is 1. The maximum Gasteiger partial charge on any atom is 0.350 e. The molecule has 1 aromatic carbocycles. The molecule has 0 bridgehead atoms. The van der Waals surface area contributed by atoms with Crippen LogP contribution in [-0.2, 0) is 28.5 Å². The number of rotatable bonds is 5. The van der Waals surface area contributed by atoms with Crippen molar-refractivity contribution in [3.63, 3.8) is 0 Å². The van der Waals surface area contributed by atoms with E-state index in [9.17, 15) is 19.2 Å². The van der Waals surface area contributed by atoms with Crippen LogP contribution < -0.4 is 5.32 Å². The molecule has 0 aliphatic carbocycles. The molecule has 0 radical (unpaired) electrons. The lowest BCUT2D eigenvalue weighted by Crippen LogP contribution is -2.42. The van der Waals surface area contributed by atoms with Crippen molar-refractivity contribution in [3.05, 3.63) is 58.6 Å². The van der Waals surface area contributed by atoms with E-state index in [1.54, 1.807) is 38.1 Å². The number of esters is 4. The van der Waals surface area contributed by atoms with Gasteiger partial charge in [0.15, 0.2) is 5.57 Å². The minimum atomic E-state index is -1.33. The van der Waals surface area contributed by atoms with Gasteiger partial charge in [-0.1, -0.05) is 12.1 Å². The van der Waals surface area contributed by atoms with E-state index in [-0.39, 0.29) is 16.7 Å². The summed E-state index contributed by atoms with van der Waals surface area (Å²) in [5, 5.41) is 2.84. The van der Waals surface area contributed by atoms with Crippen LogP contribution in [0.4, 0.5) is 5.69 Å². The van der Waals surface area contributed by atoms with Gasteiger partial charge in [-0.05, 0) is 31.5 Å². The molecule has 178 valence electrons. The summed E-state index contributed by atoms with van der Waals surface area (Å²) < 4.78 is 19.9. The number of anilines is 1. The van der Waals surface area contributed by atoms with Crippen LogP contribution in [-0.4, -0.2) is 48.9 Å². The zero-order valence-electron chi connectivity index (χ0n) is 19.6. The van der Waals surface area contributed by atoms with Crippen LogP contribution >= 0.6 is 0 Å². The molecule has 2 heterocycles. The van der Waals surface area contributed by atoms with Crippen LogP contribution in [0.2, 0.25) is 0 Å². The molecule has 1 fully saturated rings. The second kappa shape index (κ2) is 9.34. The standard InChI is InChI=1S/C24H24N2O8/c1-12-17(22(29)31-5)19(18(13(2)26-12)23(30)32-6)14-7-9-15(10-8-14)25-11-16-20(27)33-24(3,4)34-21(16)28/h7-11,25H,1-6H3. The molecule has 3 rings (SSSR count). The average Bonchev–Trinajstić information content (AvgIpc) is 2.76. The molecule has 0 spiro atoms. The highest BCUT2D eigenvalue weighted by atomic mass is 16.7. The van der Waals surface area contributed by atoms with Gasteiger partial charge < -0.3 is 24.3 Å². The smallest absolute Gasteiger partial charge is 0.350 e. The van der Waals surface area contributed by atoms with Crippen molar-refractivity contribution in [1.29, 1.82) is 0 Å². The van der Waals surface area contributed by atoms with E-state index < -0.39 is 29.7 Å².